The molecule has 2 unspecified atom stereocenters. The summed E-state index contributed by atoms with van der Waals surface area (Å²) in [5.41, 5.74) is 4.24. The molecule has 3 aromatic rings. The zero-order chi connectivity index (χ0) is 26.2. The second kappa shape index (κ2) is 10.2. The van der Waals surface area contributed by atoms with Gasteiger partial charge >= 0.3 is 0 Å². The molecule has 0 bridgehead atoms. The van der Waals surface area contributed by atoms with E-state index in [4.69, 9.17) is 14.2 Å². The lowest BCUT2D eigenvalue weighted by Crippen LogP contribution is -2.38. The number of ether oxygens (including phenoxy) is 3. The highest BCUT2D eigenvalue weighted by Gasteiger charge is 2.40. The number of rotatable bonds is 4. The summed E-state index contributed by atoms with van der Waals surface area (Å²) in [6.07, 6.45) is 9.27. The van der Waals surface area contributed by atoms with E-state index in [2.05, 4.69) is 76.5 Å². The Hall–Kier alpha value is -3.61. The molecule has 0 saturated carbocycles. The third-order valence-electron chi connectivity index (χ3n) is 8.25. The fourth-order valence-corrected chi connectivity index (χ4v) is 6.19. The Balaban J connectivity index is 1.35. The van der Waals surface area contributed by atoms with Crippen molar-refractivity contribution < 1.29 is 18.6 Å². The van der Waals surface area contributed by atoms with Gasteiger partial charge < -0.3 is 24.0 Å². The van der Waals surface area contributed by atoms with E-state index in [9.17, 15) is 4.39 Å². The molecular weight excluding hydrogens is 491 g/mol. The monoisotopic (exact) mass is 524 g/mol. The number of benzene rings is 3. The third-order valence-corrected chi connectivity index (χ3v) is 8.25. The smallest absolute Gasteiger partial charge is 0.177 e. The highest BCUT2D eigenvalue weighted by molar-refractivity contribution is 6.02. The SMILES string of the molecule is FC1C=C(C2(c3ccc(N4CCOCC4)cc3)C=Cc3c(cc(N4CCOCC4)c4ccccc34)O2)C=CC1. The molecule has 2 fully saturated rings. The summed E-state index contributed by atoms with van der Waals surface area (Å²) >= 11 is 0. The first-order chi connectivity index (χ1) is 19.2. The van der Waals surface area contributed by atoms with Crippen LogP contribution in [0.3, 0.4) is 0 Å². The average molecular weight is 525 g/mol. The van der Waals surface area contributed by atoms with Gasteiger partial charge in [0.1, 0.15) is 11.9 Å². The summed E-state index contributed by atoms with van der Waals surface area (Å²) in [5.74, 6) is 0.810. The van der Waals surface area contributed by atoms with Crippen LogP contribution >= 0.6 is 0 Å². The zero-order valence-corrected chi connectivity index (χ0v) is 22.0. The maximum atomic E-state index is 14.7. The molecule has 0 spiro atoms. The molecule has 5 nitrogen and oxygen atoms in total. The molecule has 7 rings (SSSR count). The fraction of sp³-hybridized carbons (Fsp3) is 0.333. The van der Waals surface area contributed by atoms with Gasteiger partial charge in [0, 0.05) is 72.1 Å². The van der Waals surface area contributed by atoms with Crippen molar-refractivity contribution in [2.45, 2.75) is 18.2 Å². The minimum Gasteiger partial charge on any atom is -0.473 e. The summed E-state index contributed by atoms with van der Waals surface area (Å²) in [6, 6.07) is 19.2. The van der Waals surface area contributed by atoms with Crippen LogP contribution in [-0.4, -0.2) is 58.8 Å². The van der Waals surface area contributed by atoms with Crippen molar-refractivity contribution in [1.82, 2.24) is 0 Å². The molecule has 0 N–H and O–H groups in total. The first kappa shape index (κ1) is 24.4. The lowest BCUT2D eigenvalue weighted by molar-refractivity contribution is 0.122. The first-order valence-electron chi connectivity index (χ1n) is 13.9. The van der Waals surface area contributed by atoms with Gasteiger partial charge in [0.25, 0.3) is 0 Å². The molecule has 6 heteroatoms. The van der Waals surface area contributed by atoms with Crippen LogP contribution in [0, 0.1) is 0 Å². The molecule has 3 heterocycles. The predicted octanol–water partition coefficient (Wildman–Crippen LogP) is 6.04. The Morgan fingerprint density at radius 2 is 1.49 bits per heavy atom. The quantitative estimate of drug-likeness (QED) is 0.416. The zero-order valence-electron chi connectivity index (χ0n) is 22.0. The Labute approximate surface area is 228 Å². The van der Waals surface area contributed by atoms with Crippen molar-refractivity contribution in [3.05, 3.63) is 95.6 Å². The molecule has 0 aromatic heterocycles. The second-order valence-corrected chi connectivity index (χ2v) is 10.5. The van der Waals surface area contributed by atoms with Crippen molar-refractivity contribution in [3.63, 3.8) is 0 Å². The number of allylic oxidation sites excluding steroid dienone is 2. The molecule has 200 valence electrons. The summed E-state index contributed by atoms with van der Waals surface area (Å²) in [5, 5.41) is 2.36. The van der Waals surface area contributed by atoms with E-state index in [-0.39, 0.29) is 0 Å². The van der Waals surface area contributed by atoms with Gasteiger partial charge in [-0.1, -0.05) is 48.6 Å². The highest BCUT2D eigenvalue weighted by Crippen LogP contribution is 2.48. The van der Waals surface area contributed by atoms with E-state index >= 15 is 0 Å². The Morgan fingerprint density at radius 1 is 0.795 bits per heavy atom. The number of hydrogen-bond acceptors (Lipinski definition) is 5. The summed E-state index contributed by atoms with van der Waals surface area (Å²) in [7, 11) is 0. The van der Waals surface area contributed by atoms with Crippen LogP contribution in [0.1, 0.15) is 17.5 Å². The molecule has 2 atom stereocenters. The third kappa shape index (κ3) is 4.42. The summed E-state index contributed by atoms with van der Waals surface area (Å²) in [6.45, 7) is 6.33. The largest absolute Gasteiger partial charge is 0.473 e. The van der Waals surface area contributed by atoms with Crippen LogP contribution < -0.4 is 14.5 Å². The molecular formula is C33H33FN2O3. The van der Waals surface area contributed by atoms with Gasteiger partial charge in [0.15, 0.2) is 5.60 Å². The lowest BCUT2D eigenvalue weighted by atomic mass is 9.80. The molecule has 3 aliphatic heterocycles. The number of anilines is 2. The van der Waals surface area contributed by atoms with Gasteiger partial charge in [-0.15, -0.1) is 0 Å². The fourth-order valence-electron chi connectivity index (χ4n) is 6.19. The molecule has 39 heavy (non-hydrogen) atoms. The first-order valence-corrected chi connectivity index (χ1v) is 13.9. The lowest BCUT2D eigenvalue weighted by Gasteiger charge is -2.39. The van der Waals surface area contributed by atoms with Crippen LogP contribution in [0.2, 0.25) is 0 Å². The summed E-state index contributed by atoms with van der Waals surface area (Å²) < 4.78 is 33.0. The van der Waals surface area contributed by atoms with Gasteiger partial charge in [-0.2, -0.15) is 0 Å². The second-order valence-electron chi connectivity index (χ2n) is 10.5. The van der Waals surface area contributed by atoms with Crippen molar-refractivity contribution >= 4 is 28.2 Å². The van der Waals surface area contributed by atoms with Crippen LogP contribution in [0.5, 0.6) is 5.75 Å². The molecule has 3 aromatic carbocycles. The van der Waals surface area contributed by atoms with Crippen LogP contribution in [0.4, 0.5) is 15.8 Å². The number of morpholine rings is 2. The minimum atomic E-state index is -1.03. The normalized spacial score (nSPS) is 24.8. The molecule has 2 saturated heterocycles. The minimum absolute atomic E-state index is 0.391. The number of halogens is 1. The van der Waals surface area contributed by atoms with Crippen molar-refractivity contribution in [1.29, 1.82) is 0 Å². The molecule has 4 aliphatic rings. The number of alkyl halides is 1. The van der Waals surface area contributed by atoms with E-state index < -0.39 is 11.8 Å². The van der Waals surface area contributed by atoms with Crippen LogP contribution in [-0.2, 0) is 15.1 Å². The Morgan fingerprint density at radius 3 is 2.21 bits per heavy atom. The number of nitrogens with zero attached hydrogens (tertiary/aromatic N) is 2. The topological polar surface area (TPSA) is 34.2 Å². The predicted molar refractivity (Wildman–Crippen MR) is 155 cm³/mol. The van der Waals surface area contributed by atoms with Crippen molar-refractivity contribution in [2.24, 2.45) is 0 Å². The number of fused-ring (bicyclic) bond motifs is 3. The molecule has 0 radical (unpaired) electrons. The van der Waals surface area contributed by atoms with Crippen LogP contribution in [0.15, 0.2) is 84.5 Å². The molecule has 0 amide bonds. The van der Waals surface area contributed by atoms with Gasteiger partial charge in [-0.25, -0.2) is 4.39 Å². The summed E-state index contributed by atoms with van der Waals surface area (Å²) in [4.78, 5) is 4.72. The van der Waals surface area contributed by atoms with E-state index in [1.165, 1.54) is 5.39 Å². The van der Waals surface area contributed by atoms with Crippen molar-refractivity contribution in [2.75, 3.05) is 62.4 Å². The van der Waals surface area contributed by atoms with E-state index in [0.717, 1.165) is 78.6 Å². The molecule has 1 aliphatic carbocycles. The van der Waals surface area contributed by atoms with Gasteiger partial charge in [0.05, 0.1) is 26.4 Å². The van der Waals surface area contributed by atoms with Gasteiger partial charge in [0.2, 0.25) is 0 Å². The van der Waals surface area contributed by atoms with E-state index in [1.54, 1.807) is 6.08 Å². The van der Waals surface area contributed by atoms with E-state index in [0.29, 0.717) is 19.6 Å². The van der Waals surface area contributed by atoms with E-state index in [1.807, 2.05) is 12.2 Å². The maximum absolute atomic E-state index is 14.7. The maximum Gasteiger partial charge on any atom is 0.177 e. The average Bonchev–Trinajstić information content (AvgIpc) is 3.01. The van der Waals surface area contributed by atoms with Gasteiger partial charge in [-0.05, 0) is 35.7 Å². The van der Waals surface area contributed by atoms with Crippen molar-refractivity contribution in [3.8, 4) is 5.75 Å². The highest BCUT2D eigenvalue weighted by atomic mass is 19.1. The Bertz CT molecular complexity index is 1450. The van der Waals surface area contributed by atoms with Gasteiger partial charge in [-0.3, -0.25) is 0 Å². The number of hydrogen-bond donors (Lipinski definition) is 0. The standard InChI is InChI=1S/C33H33FN2O3/c34-26-5-3-4-25(22-26)33(24-8-10-27(11-9-24)35-14-18-37-19-15-35)13-12-30-28-6-1-2-7-29(28)31(23-32(30)39-33)36-16-20-38-21-17-36/h1-4,6-13,22-23,26H,5,14-21H2. The van der Waals surface area contributed by atoms with Crippen LogP contribution in [0.25, 0.3) is 16.8 Å². The Kier molecular flexibility index (Phi) is 6.37.